The molecule has 5 nitrogen and oxygen atoms in total. The first-order valence-corrected chi connectivity index (χ1v) is 5.56. The normalized spacial score (nSPS) is 11.9. The fraction of sp³-hybridized carbons (Fsp3) is 0.500. The Morgan fingerprint density at radius 3 is 3.00 bits per heavy atom. The maximum Gasteiger partial charge on any atom is 0.250 e. The van der Waals surface area contributed by atoms with Gasteiger partial charge in [-0.1, -0.05) is 6.92 Å². The molecule has 94 valence electrons. The van der Waals surface area contributed by atoms with Crippen LogP contribution in [0.1, 0.15) is 20.3 Å². The number of carbonyl (C=O) groups is 1. The molecule has 1 aromatic heterocycles. The first-order chi connectivity index (χ1) is 8.17. The van der Waals surface area contributed by atoms with Crippen LogP contribution in [0.3, 0.4) is 0 Å². The monoisotopic (exact) mass is 238 g/mol. The first-order valence-electron chi connectivity index (χ1n) is 5.56. The lowest BCUT2D eigenvalue weighted by Crippen LogP contribution is -2.21. The highest BCUT2D eigenvalue weighted by atomic mass is 16.5. The SMILES string of the molecule is CC[C@H](C)OCC(=O)Nc1cnccc1OC. The molecule has 0 aromatic carbocycles. The van der Waals surface area contributed by atoms with Crippen molar-refractivity contribution < 1.29 is 14.3 Å². The van der Waals surface area contributed by atoms with E-state index in [1.54, 1.807) is 25.6 Å². The van der Waals surface area contributed by atoms with Crippen molar-refractivity contribution >= 4 is 11.6 Å². The van der Waals surface area contributed by atoms with Crippen molar-refractivity contribution in [2.75, 3.05) is 19.0 Å². The molecule has 0 fully saturated rings. The summed E-state index contributed by atoms with van der Waals surface area (Å²) in [4.78, 5) is 15.5. The van der Waals surface area contributed by atoms with Crippen LogP contribution in [0.2, 0.25) is 0 Å². The van der Waals surface area contributed by atoms with Gasteiger partial charge in [-0.2, -0.15) is 0 Å². The van der Waals surface area contributed by atoms with E-state index in [1.165, 1.54) is 0 Å². The molecule has 0 aliphatic carbocycles. The molecule has 1 atom stereocenters. The zero-order valence-electron chi connectivity index (χ0n) is 10.4. The third-order valence-electron chi connectivity index (χ3n) is 2.35. The van der Waals surface area contributed by atoms with Crippen molar-refractivity contribution in [3.63, 3.8) is 0 Å². The second-order valence-electron chi connectivity index (χ2n) is 3.65. The van der Waals surface area contributed by atoms with Gasteiger partial charge in [0.1, 0.15) is 18.0 Å². The van der Waals surface area contributed by atoms with Gasteiger partial charge in [-0.3, -0.25) is 9.78 Å². The minimum Gasteiger partial charge on any atom is -0.494 e. The highest BCUT2D eigenvalue weighted by molar-refractivity contribution is 5.92. The summed E-state index contributed by atoms with van der Waals surface area (Å²) in [5, 5.41) is 2.69. The number of amides is 1. The molecule has 1 rings (SSSR count). The number of pyridine rings is 1. The topological polar surface area (TPSA) is 60.5 Å². The maximum atomic E-state index is 11.6. The summed E-state index contributed by atoms with van der Waals surface area (Å²) in [7, 11) is 1.54. The number of ether oxygens (including phenoxy) is 2. The highest BCUT2D eigenvalue weighted by Gasteiger charge is 2.08. The van der Waals surface area contributed by atoms with E-state index in [9.17, 15) is 4.79 Å². The van der Waals surface area contributed by atoms with Gasteiger partial charge in [0.2, 0.25) is 0 Å². The van der Waals surface area contributed by atoms with E-state index in [2.05, 4.69) is 10.3 Å². The average Bonchev–Trinajstić information content (AvgIpc) is 2.36. The fourth-order valence-corrected chi connectivity index (χ4v) is 1.18. The lowest BCUT2D eigenvalue weighted by atomic mass is 10.3. The number of anilines is 1. The molecule has 17 heavy (non-hydrogen) atoms. The van der Waals surface area contributed by atoms with Gasteiger partial charge < -0.3 is 14.8 Å². The van der Waals surface area contributed by atoms with E-state index in [4.69, 9.17) is 9.47 Å². The Bertz CT molecular complexity index is 369. The largest absolute Gasteiger partial charge is 0.494 e. The average molecular weight is 238 g/mol. The van der Waals surface area contributed by atoms with Crippen molar-refractivity contribution in [2.24, 2.45) is 0 Å². The Labute approximate surface area is 101 Å². The summed E-state index contributed by atoms with van der Waals surface area (Å²) >= 11 is 0. The van der Waals surface area contributed by atoms with E-state index in [0.717, 1.165) is 6.42 Å². The van der Waals surface area contributed by atoms with Crippen LogP contribution >= 0.6 is 0 Å². The van der Waals surface area contributed by atoms with Crippen LogP contribution in [-0.4, -0.2) is 30.7 Å². The molecular formula is C12H18N2O3. The summed E-state index contributed by atoms with van der Waals surface area (Å²) in [6.45, 7) is 3.97. The molecule has 0 spiro atoms. The van der Waals surface area contributed by atoms with Crippen LogP contribution in [0.15, 0.2) is 18.5 Å². The number of methoxy groups -OCH3 is 1. The maximum absolute atomic E-state index is 11.6. The number of nitrogens with one attached hydrogen (secondary N) is 1. The number of rotatable bonds is 6. The van der Waals surface area contributed by atoms with E-state index in [-0.39, 0.29) is 18.6 Å². The van der Waals surface area contributed by atoms with Gasteiger partial charge in [0, 0.05) is 12.3 Å². The van der Waals surface area contributed by atoms with E-state index in [1.807, 2.05) is 13.8 Å². The number of carbonyl (C=O) groups excluding carboxylic acids is 1. The van der Waals surface area contributed by atoms with Gasteiger partial charge in [-0.25, -0.2) is 0 Å². The summed E-state index contributed by atoms with van der Waals surface area (Å²) in [5.74, 6) is 0.369. The predicted molar refractivity (Wildman–Crippen MR) is 65.1 cm³/mol. The molecule has 5 heteroatoms. The third-order valence-corrected chi connectivity index (χ3v) is 2.35. The Kier molecular flexibility index (Phi) is 5.42. The van der Waals surface area contributed by atoms with Crippen molar-refractivity contribution in [1.82, 2.24) is 4.98 Å². The second kappa shape index (κ2) is 6.85. The molecule has 0 radical (unpaired) electrons. The lowest BCUT2D eigenvalue weighted by Gasteiger charge is -2.12. The van der Waals surface area contributed by atoms with E-state index in [0.29, 0.717) is 11.4 Å². The summed E-state index contributed by atoms with van der Waals surface area (Å²) in [6, 6.07) is 1.69. The zero-order valence-corrected chi connectivity index (χ0v) is 10.4. The Hall–Kier alpha value is -1.62. The van der Waals surface area contributed by atoms with Crippen LogP contribution < -0.4 is 10.1 Å². The number of nitrogens with zero attached hydrogens (tertiary/aromatic N) is 1. The minimum atomic E-state index is -0.211. The van der Waals surface area contributed by atoms with Crippen molar-refractivity contribution in [1.29, 1.82) is 0 Å². The van der Waals surface area contributed by atoms with Crippen molar-refractivity contribution in [3.05, 3.63) is 18.5 Å². The van der Waals surface area contributed by atoms with Crippen LogP contribution in [-0.2, 0) is 9.53 Å². The van der Waals surface area contributed by atoms with Gasteiger partial charge >= 0.3 is 0 Å². The molecule has 0 saturated heterocycles. The standard InChI is InChI=1S/C12H18N2O3/c1-4-9(2)17-8-12(15)14-10-7-13-6-5-11(10)16-3/h5-7,9H,4,8H2,1-3H3,(H,14,15)/t9-/m0/s1. The van der Waals surface area contributed by atoms with Crippen molar-refractivity contribution in [2.45, 2.75) is 26.4 Å². The van der Waals surface area contributed by atoms with Crippen LogP contribution in [0, 0.1) is 0 Å². The second-order valence-corrected chi connectivity index (χ2v) is 3.65. The molecule has 1 N–H and O–H groups in total. The molecule has 1 heterocycles. The molecule has 0 unspecified atom stereocenters. The van der Waals surface area contributed by atoms with E-state index >= 15 is 0 Å². The number of hydrogen-bond donors (Lipinski definition) is 1. The smallest absolute Gasteiger partial charge is 0.250 e. The van der Waals surface area contributed by atoms with Gasteiger partial charge in [0.25, 0.3) is 5.91 Å². The molecule has 0 bridgehead atoms. The molecular weight excluding hydrogens is 220 g/mol. The van der Waals surface area contributed by atoms with Gasteiger partial charge in [-0.15, -0.1) is 0 Å². The first kappa shape index (κ1) is 13.4. The predicted octanol–water partition coefficient (Wildman–Crippen LogP) is 1.84. The Morgan fingerprint density at radius 2 is 2.35 bits per heavy atom. The van der Waals surface area contributed by atoms with Crippen LogP contribution in [0.4, 0.5) is 5.69 Å². The lowest BCUT2D eigenvalue weighted by molar-refractivity contribution is -0.122. The van der Waals surface area contributed by atoms with Gasteiger partial charge in [0.05, 0.1) is 19.4 Å². The van der Waals surface area contributed by atoms with E-state index < -0.39 is 0 Å². The Balaban J connectivity index is 2.50. The summed E-state index contributed by atoms with van der Waals surface area (Å²) in [6.07, 6.45) is 4.10. The van der Waals surface area contributed by atoms with Crippen LogP contribution in [0.25, 0.3) is 0 Å². The Morgan fingerprint density at radius 1 is 1.59 bits per heavy atom. The summed E-state index contributed by atoms with van der Waals surface area (Å²) in [5.41, 5.74) is 0.549. The van der Waals surface area contributed by atoms with Crippen molar-refractivity contribution in [3.8, 4) is 5.75 Å². The third kappa shape index (κ3) is 4.40. The number of aromatic nitrogens is 1. The molecule has 1 aromatic rings. The minimum absolute atomic E-state index is 0.0348. The number of hydrogen-bond acceptors (Lipinski definition) is 4. The molecule has 0 aliphatic heterocycles. The quantitative estimate of drug-likeness (QED) is 0.821. The molecule has 0 saturated carbocycles. The summed E-state index contributed by atoms with van der Waals surface area (Å²) < 4.78 is 10.4. The molecule has 0 aliphatic rings. The highest BCUT2D eigenvalue weighted by Crippen LogP contribution is 2.21. The zero-order chi connectivity index (χ0) is 12.7. The molecule has 1 amide bonds. The van der Waals surface area contributed by atoms with Gasteiger partial charge in [-0.05, 0) is 13.3 Å². The van der Waals surface area contributed by atoms with Crippen LogP contribution in [0.5, 0.6) is 5.75 Å². The fourth-order valence-electron chi connectivity index (χ4n) is 1.18. The van der Waals surface area contributed by atoms with Gasteiger partial charge in [0.15, 0.2) is 0 Å².